The minimum atomic E-state index is -0.0896. The molecule has 0 aliphatic rings. The third-order valence-electron chi connectivity index (χ3n) is 3.75. The molecule has 0 atom stereocenters. The number of thiophene rings is 1. The van der Waals surface area contributed by atoms with Gasteiger partial charge in [-0.25, -0.2) is 4.98 Å². The van der Waals surface area contributed by atoms with Crippen molar-refractivity contribution in [3.05, 3.63) is 71.9 Å². The van der Waals surface area contributed by atoms with Crippen LogP contribution in [0.1, 0.15) is 15.4 Å². The predicted molar refractivity (Wildman–Crippen MR) is 93.7 cm³/mol. The normalized spacial score (nSPS) is 11.0. The average Bonchev–Trinajstić information content (AvgIpc) is 3.34. The van der Waals surface area contributed by atoms with Crippen LogP contribution in [0.15, 0.2) is 65.7 Å². The van der Waals surface area contributed by atoms with Gasteiger partial charge in [0, 0.05) is 36.9 Å². The van der Waals surface area contributed by atoms with Gasteiger partial charge in [-0.2, -0.15) is 0 Å². The standard InChI is InChI=1S/C18H15N3O2S/c22-17(19-9-7-13-5-4-12-23-13)16-15(21-10-1-2-11-21)14-6-3-8-20-18(14)24-16/h1-6,8,10-12H,7,9H2,(H,19,22). The number of nitrogens with one attached hydrogen (secondary N) is 1. The van der Waals surface area contributed by atoms with Crippen molar-refractivity contribution in [3.8, 4) is 5.69 Å². The van der Waals surface area contributed by atoms with Gasteiger partial charge in [-0.05, 0) is 36.4 Å². The molecule has 0 aromatic carbocycles. The van der Waals surface area contributed by atoms with Crippen LogP contribution in [0.4, 0.5) is 0 Å². The second kappa shape index (κ2) is 6.33. The van der Waals surface area contributed by atoms with Crippen molar-refractivity contribution >= 4 is 27.5 Å². The maximum Gasteiger partial charge on any atom is 0.263 e. The van der Waals surface area contributed by atoms with Gasteiger partial charge in [0.05, 0.1) is 12.0 Å². The van der Waals surface area contributed by atoms with E-state index in [2.05, 4.69) is 10.3 Å². The van der Waals surface area contributed by atoms with E-state index in [1.165, 1.54) is 11.3 Å². The van der Waals surface area contributed by atoms with Gasteiger partial charge in [-0.15, -0.1) is 11.3 Å². The Kier molecular flexibility index (Phi) is 3.88. The van der Waals surface area contributed by atoms with E-state index in [1.54, 1.807) is 12.5 Å². The van der Waals surface area contributed by atoms with Gasteiger partial charge in [-0.1, -0.05) is 0 Å². The summed E-state index contributed by atoms with van der Waals surface area (Å²) in [6, 6.07) is 11.5. The van der Waals surface area contributed by atoms with Gasteiger partial charge in [0.25, 0.3) is 5.91 Å². The number of hydrogen-bond acceptors (Lipinski definition) is 4. The maximum absolute atomic E-state index is 12.7. The Hall–Kier alpha value is -2.86. The number of nitrogens with zero attached hydrogens (tertiary/aromatic N) is 2. The minimum Gasteiger partial charge on any atom is -0.469 e. The summed E-state index contributed by atoms with van der Waals surface area (Å²) < 4.78 is 7.25. The molecule has 0 saturated heterocycles. The highest BCUT2D eigenvalue weighted by Crippen LogP contribution is 2.32. The van der Waals surface area contributed by atoms with Crippen molar-refractivity contribution in [2.24, 2.45) is 0 Å². The van der Waals surface area contributed by atoms with Crippen molar-refractivity contribution in [1.82, 2.24) is 14.9 Å². The lowest BCUT2D eigenvalue weighted by atomic mass is 10.2. The summed E-state index contributed by atoms with van der Waals surface area (Å²) in [4.78, 5) is 18.6. The van der Waals surface area contributed by atoms with E-state index in [4.69, 9.17) is 4.42 Å². The summed E-state index contributed by atoms with van der Waals surface area (Å²) in [5, 5.41) is 3.95. The summed E-state index contributed by atoms with van der Waals surface area (Å²) in [5.74, 6) is 0.771. The Morgan fingerprint density at radius 3 is 2.88 bits per heavy atom. The molecule has 0 unspecified atom stereocenters. The third-order valence-corrected chi connectivity index (χ3v) is 4.85. The van der Waals surface area contributed by atoms with Crippen LogP contribution in [-0.2, 0) is 6.42 Å². The first kappa shape index (κ1) is 14.7. The molecule has 1 amide bonds. The number of carbonyl (C=O) groups is 1. The molecule has 4 rings (SSSR count). The van der Waals surface area contributed by atoms with Crippen molar-refractivity contribution in [1.29, 1.82) is 0 Å². The number of amides is 1. The van der Waals surface area contributed by atoms with Crippen LogP contribution in [0.5, 0.6) is 0 Å². The zero-order chi connectivity index (χ0) is 16.4. The van der Waals surface area contributed by atoms with Gasteiger partial charge < -0.3 is 14.3 Å². The molecule has 5 nitrogen and oxygen atoms in total. The molecular weight excluding hydrogens is 322 g/mol. The number of pyridine rings is 1. The quantitative estimate of drug-likeness (QED) is 0.605. The molecule has 0 bridgehead atoms. The minimum absolute atomic E-state index is 0.0896. The van der Waals surface area contributed by atoms with Crippen LogP contribution >= 0.6 is 11.3 Å². The average molecular weight is 337 g/mol. The van der Waals surface area contributed by atoms with Gasteiger partial charge in [0.15, 0.2) is 0 Å². The number of aromatic nitrogens is 2. The van der Waals surface area contributed by atoms with Crippen LogP contribution in [-0.4, -0.2) is 22.0 Å². The van der Waals surface area contributed by atoms with Gasteiger partial charge >= 0.3 is 0 Å². The summed E-state index contributed by atoms with van der Waals surface area (Å²) in [5.41, 5.74) is 0.878. The van der Waals surface area contributed by atoms with E-state index in [-0.39, 0.29) is 5.91 Å². The topological polar surface area (TPSA) is 60.1 Å². The van der Waals surface area contributed by atoms with Crippen LogP contribution in [0, 0.1) is 0 Å². The van der Waals surface area contributed by atoms with Gasteiger partial charge in [-0.3, -0.25) is 4.79 Å². The van der Waals surface area contributed by atoms with Crippen molar-refractivity contribution in [2.75, 3.05) is 6.54 Å². The molecule has 0 spiro atoms. The second-order valence-electron chi connectivity index (χ2n) is 5.31. The van der Waals surface area contributed by atoms with Crippen molar-refractivity contribution < 1.29 is 9.21 Å². The van der Waals surface area contributed by atoms with Crippen LogP contribution < -0.4 is 5.32 Å². The van der Waals surface area contributed by atoms with E-state index in [0.29, 0.717) is 17.8 Å². The molecule has 0 fully saturated rings. The molecular formula is C18H15N3O2S. The molecule has 6 heteroatoms. The molecule has 0 aliphatic heterocycles. The van der Waals surface area contributed by atoms with Crippen LogP contribution in [0.2, 0.25) is 0 Å². The van der Waals surface area contributed by atoms with E-state index in [1.807, 2.05) is 53.4 Å². The molecule has 24 heavy (non-hydrogen) atoms. The maximum atomic E-state index is 12.7. The third kappa shape index (κ3) is 2.72. The van der Waals surface area contributed by atoms with Gasteiger partial charge in [0.1, 0.15) is 15.5 Å². The lowest BCUT2D eigenvalue weighted by Crippen LogP contribution is -2.25. The number of hydrogen-bond donors (Lipinski definition) is 1. The predicted octanol–water partition coefficient (Wildman–Crippen LogP) is 3.65. The first-order chi connectivity index (χ1) is 11.8. The molecule has 4 aromatic rings. The molecule has 120 valence electrons. The summed E-state index contributed by atoms with van der Waals surface area (Å²) in [6.45, 7) is 0.527. The molecule has 0 aliphatic carbocycles. The monoisotopic (exact) mass is 337 g/mol. The fourth-order valence-electron chi connectivity index (χ4n) is 2.65. The van der Waals surface area contributed by atoms with Crippen molar-refractivity contribution in [2.45, 2.75) is 6.42 Å². The Bertz CT molecular complexity index is 956. The second-order valence-corrected chi connectivity index (χ2v) is 6.31. The zero-order valence-electron chi connectivity index (χ0n) is 12.8. The highest BCUT2D eigenvalue weighted by atomic mass is 32.1. The summed E-state index contributed by atoms with van der Waals surface area (Å²) >= 11 is 1.41. The van der Waals surface area contributed by atoms with Gasteiger partial charge in [0.2, 0.25) is 0 Å². The lowest BCUT2D eigenvalue weighted by molar-refractivity contribution is 0.0958. The highest BCUT2D eigenvalue weighted by Gasteiger charge is 2.19. The Morgan fingerprint density at radius 2 is 2.08 bits per heavy atom. The largest absolute Gasteiger partial charge is 0.469 e. The van der Waals surface area contributed by atoms with E-state index >= 15 is 0 Å². The Labute approximate surface area is 142 Å². The number of fused-ring (bicyclic) bond motifs is 1. The first-order valence-electron chi connectivity index (χ1n) is 7.64. The Balaban J connectivity index is 1.63. The molecule has 4 heterocycles. The van der Waals surface area contributed by atoms with E-state index in [9.17, 15) is 4.79 Å². The first-order valence-corrected chi connectivity index (χ1v) is 8.46. The lowest BCUT2D eigenvalue weighted by Gasteiger charge is -2.07. The SMILES string of the molecule is O=C(NCCc1ccco1)c1sc2ncccc2c1-n1cccc1. The smallest absolute Gasteiger partial charge is 0.263 e. The molecule has 0 saturated carbocycles. The fraction of sp³-hybridized carbons (Fsp3) is 0.111. The van der Waals surface area contributed by atoms with Crippen LogP contribution in [0.3, 0.4) is 0 Å². The Morgan fingerprint density at radius 1 is 1.21 bits per heavy atom. The molecule has 0 radical (unpaired) electrons. The number of furan rings is 1. The zero-order valence-corrected chi connectivity index (χ0v) is 13.6. The van der Waals surface area contributed by atoms with Crippen LogP contribution in [0.25, 0.3) is 15.9 Å². The fourth-order valence-corrected chi connectivity index (χ4v) is 3.71. The number of carbonyl (C=O) groups excluding carboxylic acids is 1. The number of rotatable bonds is 5. The summed E-state index contributed by atoms with van der Waals surface area (Å²) in [6.07, 6.45) is 7.93. The van der Waals surface area contributed by atoms with Crippen molar-refractivity contribution in [3.63, 3.8) is 0 Å². The molecule has 4 aromatic heterocycles. The van der Waals surface area contributed by atoms with E-state index < -0.39 is 0 Å². The van der Waals surface area contributed by atoms with E-state index in [0.717, 1.165) is 21.7 Å². The molecule has 1 N–H and O–H groups in total. The summed E-state index contributed by atoms with van der Waals surface area (Å²) in [7, 11) is 0. The highest BCUT2D eigenvalue weighted by molar-refractivity contribution is 7.21.